The lowest BCUT2D eigenvalue weighted by Crippen LogP contribution is -2.50. The monoisotopic (exact) mass is 390 g/mol. The average molecular weight is 390 g/mol. The number of nitrogens with zero attached hydrogens (tertiary/aromatic N) is 2. The molecule has 0 bridgehead atoms. The van der Waals surface area contributed by atoms with Crippen molar-refractivity contribution in [2.24, 2.45) is 0 Å². The van der Waals surface area contributed by atoms with E-state index < -0.39 is 10.0 Å². The Labute approximate surface area is 158 Å². The number of benzene rings is 2. The molecule has 27 heavy (non-hydrogen) atoms. The van der Waals surface area contributed by atoms with Gasteiger partial charge in [0.15, 0.2) is 0 Å². The summed E-state index contributed by atoms with van der Waals surface area (Å²) in [5.41, 5.74) is 1.20. The molecule has 1 N–H and O–H groups in total. The Morgan fingerprint density at radius 3 is 2.41 bits per heavy atom. The number of carbonyl (C=O) groups is 1. The normalized spacial score (nSPS) is 15.6. The molecule has 1 aliphatic heterocycles. The number of aromatic hydroxyl groups is 1. The van der Waals surface area contributed by atoms with Crippen LogP contribution in [0.25, 0.3) is 0 Å². The van der Waals surface area contributed by atoms with E-state index in [0.717, 1.165) is 5.56 Å². The number of phenols is 1. The van der Waals surface area contributed by atoms with Crippen LogP contribution in [0.4, 0.5) is 0 Å². The Hall–Kier alpha value is -2.58. The number of piperazine rings is 1. The van der Waals surface area contributed by atoms with Gasteiger partial charge < -0.3 is 14.7 Å². The number of methoxy groups -OCH3 is 1. The number of carbonyl (C=O) groups excluding carboxylic acids is 1. The molecule has 0 spiro atoms. The lowest BCUT2D eigenvalue weighted by molar-refractivity contribution is 0.0694. The van der Waals surface area contributed by atoms with Gasteiger partial charge in [0.25, 0.3) is 5.91 Å². The molecule has 3 rings (SSSR count). The maximum absolute atomic E-state index is 12.8. The zero-order valence-electron chi connectivity index (χ0n) is 15.3. The molecule has 1 saturated heterocycles. The number of aryl methyl sites for hydroxylation is 1. The van der Waals surface area contributed by atoms with Crippen LogP contribution in [-0.4, -0.2) is 61.9 Å². The summed E-state index contributed by atoms with van der Waals surface area (Å²) in [7, 11) is -2.32. The average Bonchev–Trinajstić information content (AvgIpc) is 2.69. The summed E-state index contributed by atoms with van der Waals surface area (Å²) in [6.45, 7) is 2.63. The molecule has 2 aromatic carbocycles. The van der Waals surface area contributed by atoms with Gasteiger partial charge in [0.05, 0.1) is 12.7 Å². The van der Waals surface area contributed by atoms with Gasteiger partial charge in [-0.2, -0.15) is 4.31 Å². The molecule has 8 heteroatoms. The topological polar surface area (TPSA) is 87.2 Å². The number of sulfonamides is 1. The fourth-order valence-electron chi connectivity index (χ4n) is 3.09. The molecular formula is C19H22N2O5S. The molecule has 0 radical (unpaired) electrons. The van der Waals surface area contributed by atoms with Crippen molar-refractivity contribution in [2.75, 3.05) is 33.3 Å². The Bertz CT molecular complexity index is 950. The van der Waals surface area contributed by atoms with Crippen LogP contribution in [0.2, 0.25) is 0 Å². The zero-order valence-corrected chi connectivity index (χ0v) is 16.1. The van der Waals surface area contributed by atoms with E-state index in [9.17, 15) is 18.3 Å². The number of phenolic OH excluding ortho intramolecular Hbond substituents is 1. The van der Waals surface area contributed by atoms with Crippen molar-refractivity contribution >= 4 is 15.9 Å². The SMILES string of the molecule is COc1ccccc1C(=O)N1CCN(S(=O)(=O)c2cc(C)ccc2O)CC1. The quantitative estimate of drug-likeness (QED) is 0.861. The number of hydrogen-bond donors (Lipinski definition) is 1. The van der Waals surface area contributed by atoms with E-state index in [1.165, 1.54) is 23.5 Å². The molecular weight excluding hydrogens is 368 g/mol. The molecule has 0 saturated carbocycles. The molecule has 1 aliphatic rings. The molecule has 0 atom stereocenters. The lowest BCUT2D eigenvalue weighted by atomic mass is 10.1. The van der Waals surface area contributed by atoms with E-state index in [-0.39, 0.29) is 42.7 Å². The van der Waals surface area contributed by atoms with Gasteiger partial charge in [-0.3, -0.25) is 4.79 Å². The van der Waals surface area contributed by atoms with E-state index in [1.54, 1.807) is 42.2 Å². The molecule has 1 heterocycles. The summed E-state index contributed by atoms with van der Waals surface area (Å²) in [6.07, 6.45) is 0. The first-order valence-corrected chi connectivity index (χ1v) is 10.0. The standard InChI is InChI=1S/C19H22N2O5S/c1-14-7-8-16(22)18(13-14)27(24,25)21-11-9-20(10-12-21)19(23)15-5-3-4-6-17(15)26-2/h3-8,13,22H,9-12H2,1-2H3. The fourth-order valence-corrected chi connectivity index (χ4v) is 4.68. The number of ether oxygens (including phenoxy) is 1. The zero-order chi connectivity index (χ0) is 19.6. The van der Waals surface area contributed by atoms with Gasteiger partial charge in [0.2, 0.25) is 10.0 Å². The van der Waals surface area contributed by atoms with Crippen LogP contribution in [0.15, 0.2) is 47.4 Å². The molecule has 0 aliphatic carbocycles. The van der Waals surface area contributed by atoms with Crippen LogP contribution < -0.4 is 4.74 Å². The van der Waals surface area contributed by atoms with E-state index in [4.69, 9.17) is 4.74 Å². The first-order chi connectivity index (χ1) is 12.8. The maximum Gasteiger partial charge on any atom is 0.257 e. The van der Waals surface area contributed by atoms with E-state index in [0.29, 0.717) is 11.3 Å². The third-order valence-corrected chi connectivity index (χ3v) is 6.52. The van der Waals surface area contributed by atoms with Crippen molar-refractivity contribution in [3.63, 3.8) is 0 Å². The van der Waals surface area contributed by atoms with E-state index >= 15 is 0 Å². The molecule has 0 unspecified atom stereocenters. The van der Waals surface area contributed by atoms with Crippen molar-refractivity contribution in [3.05, 3.63) is 53.6 Å². The van der Waals surface area contributed by atoms with Crippen LogP contribution >= 0.6 is 0 Å². The minimum absolute atomic E-state index is 0.105. The van der Waals surface area contributed by atoms with Crippen molar-refractivity contribution in [1.29, 1.82) is 0 Å². The summed E-state index contributed by atoms with van der Waals surface area (Å²) in [5, 5.41) is 9.96. The minimum Gasteiger partial charge on any atom is -0.507 e. The molecule has 7 nitrogen and oxygen atoms in total. The number of hydrogen-bond acceptors (Lipinski definition) is 5. The minimum atomic E-state index is -3.82. The Morgan fingerprint density at radius 2 is 1.74 bits per heavy atom. The fraction of sp³-hybridized carbons (Fsp3) is 0.316. The second-order valence-electron chi connectivity index (χ2n) is 6.37. The second kappa shape index (κ2) is 7.58. The number of rotatable bonds is 4. The summed E-state index contributed by atoms with van der Waals surface area (Å²) in [4.78, 5) is 14.2. The largest absolute Gasteiger partial charge is 0.507 e. The lowest BCUT2D eigenvalue weighted by Gasteiger charge is -2.34. The summed E-state index contributed by atoms with van der Waals surface area (Å²) >= 11 is 0. The molecule has 1 amide bonds. The van der Waals surface area contributed by atoms with Gasteiger partial charge in [-0.05, 0) is 36.8 Å². The predicted molar refractivity (Wildman–Crippen MR) is 101 cm³/mol. The summed E-state index contributed by atoms with van der Waals surface area (Å²) in [6, 6.07) is 11.4. The highest BCUT2D eigenvalue weighted by molar-refractivity contribution is 7.89. The van der Waals surface area contributed by atoms with E-state index in [1.807, 2.05) is 0 Å². The second-order valence-corrected chi connectivity index (χ2v) is 8.27. The van der Waals surface area contributed by atoms with Gasteiger partial charge in [-0.25, -0.2) is 8.42 Å². The molecule has 0 aromatic heterocycles. The molecule has 1 fully saturated rings. The maximum atomic E-state index is 12.8. The smallest absolute Gasteiger partial charge is 0.257 e. The summed E-state index contributed by atoms with van der Waals surface area (Å²) < 4.78 is 32.2. The third-order valence-electron chi connectivity index (χ3n) is 4.60. The Kier molecular flexibility index (Phi) is 5.38. The van der Waals surface area contributed by atoms with Gasteiger partial charge in [-0.15, -0.1) is 0 Å². The van der Waals surface area contributed by atoms with Crippen LogP contribution in [0.3, 0.4) is 0 Å². The Morgan fingerprint density at radius 1 is 1.07 bits per heavy atom. The van der Waals surface area contributed by atoms with Crippen molar-refractivity contribution in [3.8, 4) is 11.5 Å². The number of para-hydroxylation sites is 1. The first-order valence-electron chi connectivity index (χ1n) is 8.56. The van der Waals surface area contributed by atoms with Crippen LogP contribution in [-0.2, 0) is 10.0 Å². The highest BCUT2D eigenvalue weighted by Crippen LogP contribution is 2.28. The molecule has 144 valence electrons. The highest BCUT2D eigenvalue weighted by Gasteiger charge is 2.32. The van der Waals surface area contributed by atoms with Crippen LogP contribution in [0.1, 0.15) is 15.9 Å². The van der Waals surface area contributed by atoms with E-state index in [2.05, 4.69) is 0 Å². The van der Waals surface area contributed by atoms with Gasteiger partial charge >= 0.3 is 0 Å². The van der Waals surface area contributed by atoms with Crippen LogP contribution in [0, 0.1) is 6.92 Å². The van der Waals surface area contributed by atoms with Crippen LogP contribution in [0.5, 0.6) is 11.5 Å². The van der Waals surface area contributed by atoms with Gasteiger partial charge in [0, 0.05) is 26.2 Å². The Balaban J connectivity index is 1.75. The van der Waals surface area contributed by atoms with Gasteiger partial charge in [-0.1, -0.05) is 18.2 Å². The third kappa shape index (κ3) is 3.77. The van der Waals surface area contributed by atoms with Crippen molar-refractivity contribution < 1.29 is 23.1 Å². The molecule has 2 aromatic rings. The van der Waals surface area contributed by atoms with Crippen molar-refractivity contribution in [1.82, 2.24) is 9.21 Å². The van der Waals surface area contributed by atoms with Gasteiger partial charge in [0.1, 0.15) is 16.4 Å². The first kappa shape index (κ1) is 19.2. The highest BCUT2D eigenvalue weighted by atomic mass is 32.2. The van der Waals surface area contributed by atoms with Crippen molar-refractivity contribution in [2.45, 2.75) is 11.8 Å². The number of amides is 1. The summed E-state index contributed by atoms with van der Waals surface area (Å²) in [5.74, 6) is 0.0262. The predicted octanol–water partition coefficient (Wildman–Crippen LogP) is 1.86.